The summed E-state index contributed by atoms with van der Waals surface area (Å²) < 4.78 is 0. The van der Waals surface area contributed by atoms with Gasteiger partial charge in [-0.3, -0.25) is 0 Å². The molecule has 1 aliphatic heterocycles. The van der Waals surface area contributed by atoms with Crippen LogP contribution in [0.1, 0.15) is 25.5 Å². The van der Waals surface area contributed by atoms with Crippen LogP contribution in [0.15, 0.2) is 17.5 Å². The Morgan fingerprint density at radius 2 is 2.10 bits per heavy atom. The lowest BCUT2D eigenvalue weighted by Crippen LogP contribution is -2.44. The summed E-state index contributed by atoms with van der Waals surface area (Å²) in [5.74, 6) is 0.656. The van der Waals surface area contributed by atoms with Gasteiger partial charge in [-0.2, -0.15) is 0 Å². The van der Waals surface area contributed by atoms with E-state index in [2.05, 4.69) is 31.8 Å². The summed E-state index contributed by atoms with van der Waals surface area (Å²) in [4.78, 5) is 13.0. The molecular weight excluding hydrogens is 256 g/mol. The van der Waals surface area contributed by atoms with Crippen molar-refractivity contribution in [2.45, 2.75) is 25.8 Å². The number of oxime groups is 1. The van der Waals surface area contributed by atoms with Crippen molar-refractivity contribution in [1.82, 2.24) is 14.9 Å². The van der Waals surface area contributed by atoms with Gasteiger partial charge in [0.25, 0.3) is 0 Å². The highest BCUT2D eigenvalue weighted by molar-refractivity contribution is 5.99. The number of hydrogen-bond acceptors (Lipinski definition) is 6. The number of rotatable bonds is 4. The number of nitrogens with zero attached hydrogens (tertiary/aromatic N) is 5. The predicted molar refractivity (Wildman–Crippen MR) is 78.1 cm³/mol. The fraction of sp³-hybridized carbons (Fsp3) is 0.615. The maximum Gasteiger partial charge on any atom is 0.192 e. The molecule has 1 aliphatic rings. The van der Waals surface area contributed by atoms with Gasteiger partial charge in [-0.15, -0.1) is 0 Å². The second-order valence-electron chi connectivity index (χ2n) is 4.99. The van der Waals surface area contributed by atoms with Crippen LogP contribution in [0.3, 0.4) is 0 Å². The fourth-order valence-electron chi connectivity index (χ4n) is 2.61. The molecule has 0 amide bonds. The molecule has 2 rings (SSSR count). The molecule has 1 fully saturated rings. The molecule has 1 aromatic rings. The van der Waals surface area contributed by atoms with Crippen molar-refractivity contribution < 1.29 is 5.21 Å². The first-order valence-corrected chi connectivity index (χ1v) is 6.91. The molecule has 7 nitrogen and oxygen atoms in total. The SMILES string of the molecule is CCN1CCC(N(C)c2nccnc2C(N)=NO)CC1. The molecule has 0 aliphatic carbocycles. The van der Waals surface area contributed by atoms with E-state index >= 15 is 0 Å². The quantitative estimate of drug-likeness (QED) is 0.360. The first kappa shape index (κ1) is 14.5. The van der Waals surface area contributed by atoms with Crippen LogP contribution < -0.4 is 10.6 Å². The molecule has 0 unspecified atom stereocenters. The van der Waals surface area contributed by atoms with E-state index < -0.39 is 0 Å². The van der Waals surface area contributed by atoms with E-state index in [-0.39, 0.29) is 5.84 Å². The van der Waals surface area contributed by atoms with Crippen LogP contribution in [0.2, 0.25) is 0 Å². The highest BCUT2D eigenvalue weighted by Crippen LogP contribution is 2.22. The zero-order valence-electron chi connectivity index (χ0n) is 12.0. The van der Waals surface area contributed by atoms with Crippen molar-refractivity contribution in [2.24, 2.45) is 10.9 Å². The third-order valence-corrected chi connectivity index (χ3v) is 3.92. The average Bonchev–Trinajstić information content (AvgIpc) is 2.53. The zero-order chi connectivity index (χ0) is 14.5. The minimum absolute atomic E-state index is 0.00839. The lowest BCUT2D eigenvalue weighted by Gasteiger charge is -2.37. The summed E-state index contributed by atoms with van der Waals surface area (Å²) in [5.41, 5.74) is 6.09. The zero-order valence-corrected chi connectivity index (χ0v) is 12.0. The van der Waals surface area contributed by atoms with Crippen molar-refractivity contribution in [3.8, 4) is 0 Å². The Morgan fingerprint density at radius 1 is 1.45 bits per heavy atom. The first-order chi connectivity index (χ1) is 9.67. The van der Waals surface area contributed by atoms with Crippen molar-refractivity contribution in [3.63, 3.8) is 0 Å². The lowest BCUT2D eigenvalue weighted by atomic mass is 10.0. The molecule has 2 heterocycles. The standard InChI is InChI=1S/C13H22N6O/c1-3-19-8-4-10(5-9-19)18(2)13-11(12(14)17-20)15-6-7-16-13/h6-7,10,20H,3-5,8-9H2,1-2H3,(H2,14,17). The van der Waals surface area contributed by atoms with Gasteiger partial charge in [-0.25, -0.2) is 9.97 Å². The monoisotopic (exact) mass is 278 g/mol. The summed E-state index contributed by atoms with van der Waals surface area (Å²) in [6.45, 7) is 5.45. The molecule has 0 aromatic carbocycles. The number of anilines is 1. The largest absolute Gasteiger partial charge is 0.409 e. The number of likely N-dealkylation sites (tertiary alicyclic amines) is 1. The molecule has 0 atom stereocenters. The number of aromatic nitrogens is 2. The molecule has 0 bridgehead atoms. The van der Waals surface area contributed by atoms with E-state index in [0.29, 0.717) is 17.6 Å². The van der Waals surface area contributed by atoms with Gasteiger partial charge in [-0.1, -0.05) is 12.1 Å². The molecule has 1 saturated heterocycles. The average molecular weight is 278 g/mol. The second kappa shape index (κ2) is 6.51. The molecular formula is C13H22N6O. The van der Waals surface area contributed by atoms with Crippen molar-refractivity contribution in [1.29, 1.82) is 0 Å². The Morgan fingerprint density at radius 3 is 2.70 bits per heavy atom. The smallest absolute Gasteiger partial charge is 0.192 e. The van der Waals surface area contributed by atoms with Gasteiger partial charge in [0.05, 0.1) is 0 Å². The number of nitrogens with two attached hydrogens (primary N) is 1. The van der Waals surface area contributed by atoms with Crippen LogP contribution in [-0.4, -0.2) is 58.6 Å². The molecule has 0 radical (unpaired) electrons. The third kappa shape index (κ3) is 2.98. The molecule has 110 valence electrons. The predicted octanol–water partition coefficient (Wildman–Crippen LogP) is 0.492. The number of hydrogen-bond donors (Lipinski definition) is 2. The van der Waals surface area contributed by atoms with E-state index in [9.17, 15) is 0 Å². The molecule has 1 aromatic heterocycles. The van der Waals surface area contributed by atoms with Gasteiger partial charge >= 0.3 is 0 Å². The van der Waals surface area contributed by atoms with E-state index in [1.807, 2.05) is 7.05 Å². The Kier molecular flexibility index (Phi) is 4.73. The normalized spacial score (nSPS) is 18.2. The summed E-state index contributed by atoms with van der Waals surface area (Å²) in [6.07, 6.45) is 5.33. The van der Waals surface area contributed by atoms with E-state index in [1.54, 1.807) is 12.4 Å². The van der Waals surface area contributed by atoms with E-state index in [1.165, 1.54) is 0 Å². The summed E-state index contributed by atoms with van der Waals surface area (Å²) in [7, 11) is 1.99. The molecule has 0 saturated carbocycles. The maximum absolute atomic E-state index is 8.84. The lowest BCUT2D eigenvalue weighted by molar-refractivity contribution is 0.220. The Bertz CT molecular complexity index is 470. The minimum atomic E-state index is -0.00839. The summed E-state index contributed by atoms with van der Waals surface area (Å²) >= 11 is 0. The number of amidine groups is 1. The van der Waals surface area contributed by atoms with Crippen LogP contribution in [0.25, 0.3) is 0 Å². The van der Waals surface area contributed by atoms with Crippen molar-refractivity contribution in [3.05, 3.63) is 18.1 Å². The maximum atomic E-state index is 8.84. The molecule has 20 heavy (non-hydrogen) atoms. The third-order valence-electron chi connectivity index (χ3n) is 3.92. The van der Waals surface area contributed by atoms with Gasteiger partial charge in [-0.05, 0) is 19.4 Å². The Hall–Kier alpha value is -1.89. The highest BCUT2D eigenvalue weighted by atomic mass is 16.4. The van der Waals surface area contributed by atoms with Crippen LogP contribution in [0, 0.1) is 0 Å². The first-order valence-electron chi connectivity index (χ1n) is 6.91. The topological polar surface area (TPSA) is 90.9 Å². The second-order valence-corrected chi connectivity index (χ2v) is 4.99. The highest BCUT2D eigenvalue weighted by Gasteiger charge is 2.25. The summed E-state index contributed by atoms with van der Waals surface area (Å²) in [6, 6.07) is 0.403. The van der Waals surface area contributed by atoms with Crippen molar-refractivity contribution >= 4 is 11.7 Å². The van der Waals surface area contributed by atoms with Crippen LogP contribution in [-0.2, 0) is 0 Å². The van der Waals surface area contributed by atoms with Crippen molar-refractivity contribution in [2.75, 3.05) is 31.6 Å². The van der Waals surface area contributed by atoms with Gasteiger partial charge in [0.1, 0.15) is 0 Å². The Balaban J connectivity index is 2.15. The van der Waals surface area contributed by atoms with E-state index in [4.69, 9.17) is 10.9 Å². The fourth-order valence-corrected chi connectivity index (χ4v) is 2.61. The van der Waals surface area contributed by atoms with Crippen LogP contribution >= 0.6 is 0 Å². The van der Waals surface area contributed by atoms with Gasteiger partial charge < -0.3 is 20.7 Å². The Labute approximate surface area is 119 Å². The van der Waals surface area contributed by atoms with Crippen LogP contribution in [0.5, 0.6) is 0 Å². The van der Waals surface area contributed by atoms with Gasteiger partial charge in [0, 0.05) is 38.6 Å². The molecule has 7 heteroatoms. The van der Waals surface area contributed by atoms with Gasteiger partial charge in [0.2, 0.25) is 0 Å². The minimum Gasteiger partial charge on any atom is -0.409 e. The van der Waals surface area contributed by atoms with Gasteiger partial charge in [0.15, 0.2) is 17.3 Å². The summed E-state index contributed by atoms with van der Waals surface area (Å²) in [5, 5.41) is 11.9. The molecule has 3 N–H and O–H groups in total. The van der Waals surface area contributed by atoms with E-state index in [0.717, 1.165) is 32.5 Å². The molecule has 0 spiro atoms. The van der Waals surface area contributed by atoms with Crippen LogP contribution in [0.4, 0.5) is 5.82 Å². The number of piperidine rings is 1.